The van der Waals surface area contributed by atoms with Crippen LogP contribution in [0.4, 0.5) is 5.69 Å². The molecule has 0 saturated carbocycles. The Morgan fingerprint density at radius 3 is 2.39 bits per heavy atom. The lowest BCUT2D eigenvalue weighted by atomic mass is 9.98. The number of carbonyl (C=O) groups excluding carboxylic acids is 3. The fourth-order valence-electron chi connectivity index (χ4n) is 2.94. The van der Waals surface area contributed by atoms with Gasteiger partial charge in [-0.15, -0.1) is 12.4 Å². The summed E-state index contributed by atoms with van der Waals surface area (Å²) < 4.78 is 0. The summed E-state index contributed by atoms with van der Waals surface area (Å²) in [6.07, 6.45) is 1.98. The summed E-state index contributed by atoms with van der Waals surface area (Å²) in [6.45, 7) is 7.14. The molecule has 1 saturated heterocycles. The molecule has 8 heteroatoms. The van der Waals surface area contributed by atoms with Gasteiger partial charge in [0.15, 0.2) is 0 Å². The van der Waals surface area contributed by atoms with Crippen LogP contribution in [0.1, 0.15) is 44.0 Å². The summed E-state index contributed by atoms with van der Waals surface area (Å²) >= 11 is 0. The molecule has 1 aliphatic heterocycles. The molecular formula is C20H31ClN4O3. The van der Waals surface area contributed by atoms with Gasteiger partial charge in [0.1, 0.15) is 0 Å². The van der Waals surface area contributed by atoms with Gasteiger partial charge in [-0.2, -0.15) is 0 Å². The zero-order valence-electron chi connectivity index (χ0n) is 16.7. The number of nitrogens with two attached hydrogens (primary N) is 1. The van der Waals surface area contributed by atoms with Gasteiger partial charge in [0.25, 0.3) is 5.91 Å². The van der Waals surface area contributed by atoms with Crippen molar-refractivity contribution in [2.24, 2.45) is 17.6 Å². The van der Waals surface area contributed by atoms with Gasteiger partial charge in [-0.05, 0) is 36.8 Å². The topological polar surface area (TPSA) is 105 Å². The summed E-state index contributed by atoms with van der Waals surface area (Å²) in [5.41, 5.74) is 6.68. The molecule has 0 aliphatic carbocycles. The van der Waals surface area contributed by atoms with Crippen molar-refractivity contribution in [3.05, 3.63) is 29.8 Å². The highest BCUT2D eigenvalue weighted by atomic mass is 35.5. The highest BCUT2D eigenvalue weighted by molar-refractivity contribution is 6.04. The highest BCUT2D eigenvalue weighted by Gasteiger charge is 2.24. The van der Waals surface area contributed by atoms with Gasteiger partial charge in [0.05, 0.1) is 23.8 Å². The number of nitrogens with one attached hydrogen (secondary N) is 2. The van der Waals surface area contributed by atoms with Gasteiger partial charge in [-0.3, -0.25) is 14.4 Å². The minimum Gasteiger partial charge on any atom is -0.346 e. The molecule has 28 heavy (non-hydrogen) atoms. The smallest absolute Gasteiger partial charge is 0.255 e. The molecule has 1 aliphatic rings. The van der Waals surface area contributed by atoms with Crippen LogP contribution in [-0.2, 0) is 9.59 Å². The third-order valence-corrected chi connectivity index (χ3v) is 4.95. The van der Waals surface area contributed by atoms with Crippen LogP contribution in [0.15, 0.2) is 24.3 Å². The maximum absolute atomic E-state index is 12.8. The van der Waals surface area contributed by atoms with Crippen molar-refractivity contribution in [3.8, 4) is 0 Å². The van der Waals surface area contributed by atoms with Crippen LogP contribution in [0.25, 0.3) is 0 Å². The third kappa shape index (κ3) is 6.49. The predicted molar refractivity (Wildman–Crippen MR) is 112 cm³/mol. The third-order valence-electron chi connectivity index (χ3n) is 4.95. The predicted octanol–water partition coefficient (Wildman–Crippen LogP) is 2.02. The lowest BCUT2D eigenvalue weighted by Gasteiger charge is -2.30. The van der Waals surface area contributed by atoms with Gasteiger partial charge >= 0.3 is 0 Å². The van der Waals surface area contributed by atoms with Crippen LogP contribution >= 0.6 is 12.4 Å². The number of para-hydroxylation sites is 1. The SMILES string of the molecule is CC1CCN(C(=O)c2ccccc2NC(=O)CNC(=O)[C@@H](N)C(C)C)CC1.Cl. The fourth-order valence-corrected chi connectivity index (χ4v) is 2.94. The Balaban J connectivity index is 0.00000392. The van der Waals surface area contributed by atoms with E-state index in [9.17, 15) is 14.4 Å². The van der Waals surface area contributed by atoms with Gasteiger partial charge in [-0.1, -0.05) is 32.9 Å². The molecule has 1 aromatic carbocycles. The number of carbonyl (C=O) groups is 3. The summed E-state index contributed by atoms with van der Waals surface area (Å²) in [5, 5.41) is 5.25. The Morgan fingerprint density at radius 1 is 1.18 bits per heavy atom. The van der Waals surface area contributed by atoms with Crippen LogP contribution in [0.5, 0.6) is 0 Å². The number of amides is 3. The second-order valence-electron chi connectivity index (χ2n) is 7.56. The summed E-state index contributed by atoms with van der Waals surface area (Å²) in [5.74, 6) is -0.231. The molecule has 3 amide bonds. The molecule has 1 heterocycles. The molecule has 0 aromatic heterocycles. The molecular weight excluding hydrogens is 380 g/mol. The first kappa shape index (κ1) is 23.9. The average Bonchev–Trinajstić information content (AvgIpc) is 2.66. The lowest BCUT2D eigenvalue weighted by molar-refractivity contribution is -0.125. The molecule has 0 unspecified atom stereocenters. The molecule has 1 aromatic rings. The summed E-state index contributed by atoms with van der Waals surface area (Å²) in [4.78, 5) is 38.7. The van der Waals surface area contributed by atoms with E-state index in [-0.39, 0.29) is 36.7 Å². The molecule has 2 rings (SSSR count). The van der Waals surface area contributed by atoms with E-state index in [0.717, 1.165) is 25.9 Å². The number of halogens is 1. The molecule has 156 valence electrons. The van der Waals surface area contributed by atoms with Gasteiger partial charge in [0, 0.05) is 13.1 Å². The van der Waals surface area contributed by atoms with Crippen LogP contribution in [0.2, 0.25) is 0 Å². The van der Waals surface area contributed by atoms with Gasteiger partial charge in [0.2, 0.25) is 11.8 Å². The van der Waals surface area contributed by atoms with Crippen LogP contribution < -0.4 is 16.4 Å². The normalized spacial score (nSPS) is 15.5. The number of anilines is 1. The highest BCUT2D eigenvalue weighted by Crippen LogP contribution is 2.22. The van der Waals surface area contributed by atoms with Crippen molar-refractivity contribution in [3.63, 3.8) is 0 Å². The second kappa shape index (κ2) is 11.0. The van der Waals surface area contributed by atoms with Gasteiger partial charge < -0.3 is 21.3 Å². The van der Waals surface area contributed by atoms with E-state index in [2.05, 4.69) is 17.6 Å². The van der Waals surface area contributed by atoms with Crippen LogP contribution in [-0.4, -0.2) is 48.3 Å². The van der Waals surface area contributed by atoms with E-state index in [1.807, 2.05) is 18.7 Å². The molecule has 4 N–H and O–H groups in total. The van der Waals surface area contributed by atoms with E-state index in [1.165, 1.54) is 0 Å². The second-order valence-corrected chi connectivity index (χ2v) is 7.56. The molecule has 1 atom stereocenters. The van der Waals surface area contributed by atoms with Crippen LogP contribution in [0, 0.1) is 11.8 Å². The molecule has 7 nitrogen and oxygen atoms in total. The molecule has 1 fully saturated rings. The number of likely N-dealkylation sites (tertiary alicyclic amines) is 1. The molecule has 0 radical (unpaired) electrons. The van der Waals surface area contributed by atoms with E-state index in [0.29, 0.717) is 17.2 Å². The van der Waals surface area contributed by atoms with Gasteiger partial charge in [-0.25, -0.2) is 0 Å². The number of piperidine rings is 1. The Morgan fingerprint density at radius 2 is 1.79 bits per heavy atom. The van der Waals surface area contributed by atoms with Crippen molar-refractivity contribution in [2.75, 3.05) is 25.0 Å². The monoisotopic (exact) mass is 410 g/mol. The Kier molecular flexibility index (Phi) is 9.41. The number of rotatable bonds is 6. The average molecular weight is 411 g/mol. The maximum atomic E-state index is 12.8. The van der Waals surface area contributed by atoms with Crippen molar-refractivity contribution < 1.29 is 14.4 Å². The zero-order valence-corrected chi connectivity index (χ0v) is 17.6. The van der Waals surface area contributed by atoms with E-state index >= 15 is 0 Å². The Hall–Kier alpha value is -2.12. The number of nitrogens with zero attached hydrogens (tertiary/aromatic N) is 1. The number of hydrogen-bond donors (Lipinski definition) is 3. The first-order chi connectivity index (χ1) is 12.8. The fraction of sp³-hybridized carbons (Fsp3) is 0.550. The molecule has 0 bridgehead atoms. The summed E-state index contributed by atoms with van der Waals surface area (Å²) in [6, 6.07) is 6.28. The minimum absolute atomic E-state index is 0. The number of hydrogen-bond acceptors (Lipinski definition) is 4. The standard InChI is InChI=1S/C20H30N4O3.ClH/c1-13(2)18(21)19(26)22-12-17(25)23-16-7-5-4-6-15(16)20(27)24-10-8-14(3)9-11-24;/h4-7,13-14,18H,8-12,21H2,1-3H3,(H,22,26)(H,23,25);1H/t18-;/m0./s1. The minimum atomic E-state index is -0.659. The van der Waals surface area contributed by atoms with Crippen molar-refractivity contribution in [1.82, 2.24) is 10.2 Å². The van der Waals surface area contributed by atoms with Crippen molar-refractivity contribution in [2.45, 2.75) is 39.7 Å². The van der Waals surface area contributed by atoms with Crippen LogP contribution in [0.3, 0.4) is 0 Å². The lowest BCUT2D eigenvalue weighted by Crippen LogP contribution is -2.46. The molecule has 0 spiro atoms. The summed E-state index contributed by atoms with van der Waals surface area (Å²) in [7, 11) is 0. The van der Waals surface area contributed by atoms with Crippen molar-refractivity contribution in [1.29, 1.82) is 0 Å². The Labute approximate surface area is 172 Å². The number of benzene rings is 1. The van der Waals surface area contributed by atoms with E-state index < -0.39 is 11.9 Å². The largest absolute Gasteiger partial charge is 0.346 e. The first-order valence-electron chi connectivity index (χ1n) is 9.51. The maximum Gasteiger partial charge on any atom is 0.255 e. The first-order valence-corrected chi connectivity index (χ1v) is 9.51. The van der Waals surface area contributed by atoms with E-state index in [1.54, 1.807) is 24.3 Å². The van der Waals surface area contributed by atoms with Crippen molar-refractivity contribution >= 4 is 35.8 Å². The quantitative estimate of drug-likeness (QED) is 0.667. The zero-order chi connectivity index (χ0) is 20.0. The Bertz CT molecular complexity index is 688. The van der Waals surface area contributed by atoms with E-state index in [4.69, 9.17) is 5.73 Å².